The van der Waals surface area contributed by atoms with E-state index in [1.165, 1.54) is 22.4 Å². The Balaban J connectivity index is 2.23. The Hall–Kier alpha value is -0.410. The highest BCUT2D eigenvalue weighted by molar-refractivity contribution is 9.10. The summed E-state index contributed by atoms with van der Waals surface area (Å²) in [6.07, 6.45) is 2.17. The molecule has 0 unspecified atom stereocenters. The van der Waals surface area contributed by atoms with Gasteiger partial charge in [0.2, 0.25) is 0 Å². The topological polar surface area (TPSA) is 4.93 Å². The molecule has 1 heterocycles. The van der Waals surface area contributed by atoms with Crippen LogP contribution in [0.1, 0.15) is 6.92 Å². The number of hydrogen-bond donors (Lipinski definition) is 0. The zero-order valence-corrected chi connectivity index (χ0v) is 11.1. The van der Waals surface area contributed by atoms with E-state index < -0.39 is 0 Å². The van der Waals surface area contributed by atoms with Gasteiger partial charge in [-0.1, -0.05) is 28.9 Å². The molecule has 15 heavy (non-hydrogen) atoms. The fraction of sp³-hybridized carbons (Fsp3) is 0.333. The highest BCUT2D eigenvalue weighted by Gasteiger charge is 2.00. The molecule has 1 aromatic heterocycles. The van der Waals surface area contributed by atoms with Gasteiger partial charge in [0.1, 0.15) is 0 Å². The van der Waals surface area contributed by atoms with Crippen molar-refractivity contribution in [3.63, 3.8) is 0 Å². The number of nitrogens with zero attached hydrogens (tertiary/aromatic N) is 1. The van der Waals surface area contributed by atoms with Crippen molar-refractivity contribution in [1.29, 1.82) is 0 Å². The maximum Gasteiger partial charge on any atom is 0.0491 e. The lowest BCUT2D eigenvalue weighted by molar-refractivity contribution is 0.807. The highest BCUT2D eigenvalue weighted by Crippen LogP contribution is 2.21. The Kier molecular flexibility index (Phi) is 3.76. The summed E-state index contributed by atoms with van der Waals surface area (Å²) < 4.78 is 3.47. The quantitative estimate of drug-likeness (QED) is 0.763. The molecule has 0 N–H and O–H groups in total. The minimum absolute atomic E-state index is 1.10. The van der Waals surface area contributed by atoms with Gasteiger partial charge in [0.15, 0.2) is 0 Å². The third-order valence-electron chi connectivity index (χ3n) is 2.42. The highest BCUT2D eigenvalue weighted by atomic mass is 79.9. The van der Waals surface area contributed by atoms with Gasteiger partial charge >= 0.3 is 0 Å². The molecular weight excluding hydrogens is 270 g/mol. The maximum atomic E-state index is 3.51. The first kappa shape index (κ1) is 11.1. The van der Waals surface area contributed by atoms with E-state index >= 15 is 0 Å². The second-order valence-electron chi connectivity index (χ2n) is 3.41. The summed E-state index contributed by atoms with van der Waals surface area (Å²) in [6, 6.07) is 8.61. The molecule has 3 heteroatoms. The second-order valence-corrected chi connectivity index (χ2v) is 5.72. The van der Waals surface area contributed by atoms with Gasteiger partial charge in [-0.2, -0.15) is 11.8 Å². The molecule has 0 amide bonds. The average Bonchev–Trinajstić information content (AvgIpc) is 2.62. The normalized spacial score (nSPS) is 11.1. The fourth-order valence-corrected chi connectivity index (χ4v) is 2.62. The van der Waals surface area contributed by atoms with Crippen LogP contribution in [0.5, 0.6) is 0 Å². The van der Waals surface area contributed by atoms with Crippen LogP contribution in [0.4, 0.5) is 0 Å². The van der Waals surface area contributed by atoms with Crippen molar-refractivity contribution >= 4 is 38.6 Å². The second kappa shape index (κ2) is 5.08. The molecular formula is C12H14BrNS. The van der Waals surface area contributed by atoms with Crippen LogP contribution < -0.4 is 0 Å². The summed E-state index contributed by atoms with van der Waals surface area (Å²) >= 11 is 5.50. The van der Waals surface area contributed by atoms with Gasteiger partial charge in [-0.25, -0.2) is 0 Å². The molecule has 0 saturated carbocycles. The number of halogens is 1. The van der Waals surface area contributed by atoms with Gasteiger partial charge in [-0.05, 0) is 29.3 Å². The molecule has 0 aliphatic heterocycles. The molecule has 80 valence electrons. The lowest BCUT2D eigenvalue weighted by atomic mass is 10.2. The fourth-order valence-electron chi connectivity index (χ4n) is 1.66. The van der Waals surface area contributed by atoms with Crippen molar-refractivity contribution in [3.05, 3.63) is 34.9 Å². The van der Waals surface area contributed by atoms with E-state index in [2.05, 4.69) is 57.9 Å². The van der Waals surface area contributed by atoms with Crippen molar-refractivity contribution in [3.8, 4) is 0 Å². The first-order valence-electron chi connectivity index (χ1n) is 5.13. The largest absolute Gasteiger partial charge is 0.347 e. The third-order valence-corrected chi connectivity index (χ3v) is 3.79. The van der Waals surface area contributed by atoms with E-state index in [0.29, 0.717) is 0 Å². The first-order chi connectivity index (χ1) is 7.31. The molecule has 0 aliphatic carbocycles. The lowest BCUT2D eigenvalue weighted by Crippen LogP contribution is -1.98. The van der Waals surface area contributed by atoms with Gasteiger partial charge in [0.05, 0.1) is 0 Å². The number of benzene rings is 1. The monoisotopic (exact) mass is 283 g/mol. The van der Waals surface area contributed by atoms with E-state index in [1.807, 2.05) is 11.8 Å². The lowest BCUT2D eigenvalue weighted by Gasteiger charge is -2.04. The van der Waals surface area contributed by atoms with Gasteiger partial charge in [0.25, 0.3) is 0 Å². The molecule has 2 aromatic rings. The van der Waals surface area contributed by atoms with Crippen LogP contribution in [-0.4, -0.2) is 16.1 Å². The zero-order valence-electron chi connectivity index (χ0n) is 8.74. The van der Waals surface area contributed by atoms with Crippen molar-refractivity contribution in [1.82, 2.24) is 4.57 Å². The number of hydrogen-bond acceptors (Lipinski definition) is 1. The van der Waals surface area contributed by atoms with Gasteiger partial charge in [-0.15, -0.1) is 0 Å². The Labute approximate surface area is 103 Å². The molecule has 0 aliphatic rings. The number of aryl methyl sites for hydroxylation is 1. The van der Waals surface area contributed by atoms with Crippen molar-refractivity contribution in [2.75, 3.05) is 11.5 Å². The summed E-state index contributed by atoms with van der Waals surface area (Å²) in [5.41, 5.74) is 1.32. The summed E-state index contributed by atoms with van der Waals surface area (Å²) in [6.45, 7) is 3.30. The first-order valence-corrected chi connectivity index (χ1v) is 7.08. The molecule has 0 atom stereocenters. The van der Waals surface area contributed by atoms with Crippen LogP contribution in [0.2, 0.25) is 0 Å². The molecule has 0 spiro atoms. The van der Waals surface area contributed by atoms with Crippen LogP contribution in [0, 0.1) is 0 Å². The van der Waals surface area contributed by atoms with E-state index in [0.717, 1.165) is 11.0 Å². The summed E-state index contributed by atoms with van der Waals surface area (Å²) in [5.74, 6) is 2.38. The summed E-state index contributed by atoms with van der Waals surface area (Å²) in [5, 5.41) is 1.32. The van der Waals surface area contributed by atoms with E-state index in [1.54, 1.807) is 0 Å². The molecule has 2 rings (SSSR count). The van der Waals surface area contributed by atoms with E-state index in [4.69, 9.17) is 0 Å². The molecule has 0 saturated heterocycles. The summed E-state index contributed by atoms with van der Waals surface area (Å²) in [4.78, 5) is 0. The Morgan fingerprint density at radius 1 is 1.33 bits per heavy atom. The predicted octanol–water partition coefficient (Wildman–Crippen LogP) is 4.16. The van der Waals surface area contributed by atoms with Crippen molar-refractivity contribution < 1.29 is 0 Å². The van der Waals surface area contributed by atoms with Crippen molar-refractivity contribution in [2.45, 2.75) is 13.5 Å². The molecule has 1 nitrogen and oxygen atoms in total. The molecule has 0 bridgehead atoms. The smallest absolute Gasteiger partial charge is 0.0491 e. The molecule has 0 fully saturated rings. The zero-order chi connectivity index (χ0) is 10.7. The van der Waals surface area contributed by atoms with Crippen LogP contribution in [0.25, 0.3) is 10.9 Å². The van der Waals surface area contributed by atoms with E-state index in [9.17, 15) is 0 Å². The number of rotatable bonds is 4. The Morgan fingerprint density at radius 3 is 3.00 bits per heavy atom. The minimum atomic E-state index is 1.10. The third kappa shape index (κ3) is 2.58. The SMILES string of the molecule is CCSCCn1ccc2ccc(Br)cc21. The van der Waals surface area contributed by atoms with Crippen LogP contribution >= 0.6 is 27.7 Å². The van der Waals surface area contributed by atoms with Crippen molar-refractivity contribution in [2.24, 2.45) is 0 Å². The number of aromatic nitrogens is 1. The average molecular weight is 284 g/mol. The van der Waals surface area contributed by atoms with Gasteiger partial charge < -0.3 is 4.57 Å². The van der Waals surface area contributed by atoms with Crippen LogP contribution in [0.3, 0.4) is 0 Å². The van der Waals surface area contributed by atoms with Crippen LogP contribution in [0.15, 0.2) is 34.9 Å². The minimum Gasteiger partial charge on any atom is -0.347 e. The standard InChI is InChI=1S/C12H14BrNS/c1-2-15-8-7-14-6-5-10-3-4-11(13)9-12(10)14/h3-6,9H,2,7-8H2,1H3. The van der Waals surface area contributed by atoms with E-state index in [-0.39, 0.29) is 0 Å². The van der Waals surface area contributed by atoms with Gasteiger partial charge in [-0.3, -0.25) is 0 Å². The number of thioether (sulfide) groups is 1. The summed E-state index contributed by atoms with van der Waals surface area (Å²) in [7, 11) is 0. The molecule has 0 radical (unpaired) electrons. The predicted molar refractivity (Wildman–Crippen MR) is 72.6 cm³/mol. The van der Waals surface area contributed by atoms with Crippen LogP contribution in [-0.2, 0) is 6.54 Å². The Bertz CT molecular complexity index is 450. The Morgan fingerprint density at radius 2 is 2.20 bits per heavy atom. The van der Waals surface area contributed by atoms with Gasteiger partial charge in [0, 0.05) is 28.5 Å². The molecule has 1 aromatic carbocycles. The maximum absolute atomic E-state index is 3.51. The number of fused-ring (bicyclic) bond motifs is 1.